The summed E-state index contributed by atoms with van der Waals surface area (Å²) in [5, 5.41) is 0.779. The monoisotopic (exact) mass is 290 g/mol. The second-order valence-electron chi connectivity index (χ2n) is 3.70. The zero-order valence-electron chi connectivity index (χ0n) is 8.93. The summed E-state index contributed by atoms with van der Waals surface area (Å²) in [6.45, 7) is 0. The van der Waals surface area contributed by atoms with E-state index < -0.39 is 11.7 Å². The second-order valence-corrected chi connectivity index (χ2v) is 4.52. The third-order valence-corrected chi connectivity index (χ3v) is 3.20. The maximum atomic E-state index is 12.4. The molecule has 0 saturated carbocycles. The van der Waals surface area contributed by atoms with Gasteiger partial charge in [0.25, 0.3) is 0 Å². The van der Waals surface area contributed by atoms with Crippen molar-refractivity contribution in [3.63, 3.8) is 0 Å². The fraction of sp³-hybridized carbons (Fsp3) is 0.0769. The van der Waals surface area contributed by atoms with Crippen molar-refractivity contribution in [3.05, 3.63) is 58.1 Å². The molecule has 0 heterocycles. The summed E-state index contributed by atoms with van der Waals surface area (Å²) in [6.07, 6.45) is -4.32. The maximum absolute atomic E-state index is 12.4. The number of hydrogen-bond donors (Lipinski definition) is 0. The first-order chi connectivity index (χ1) is 8.38. The molecule has 2 aromatic carbocycles. The lowest BCUT2D eigenvalue weighted by Crippen LogP contribution is -2.03. The lowest BCUT2D eigenvalue weighted by molar-refractivity contribution is -0.137. The molecular weight excluding hydrogens is 284 g/mol. The van der Waals surface area contributed by atoms with Crippen LogP contribution in [0.4, 0.5) is 13.2 Å². The lowest BCUT2D eigenvalue weighted by atomic mass is 10.0. The van der Waals surface area contributed by atoms with E-state index in [9.17, 15) is 13.2 Å². The predicted octanol–water partition coefficient (Wildman–Crippen LogP) is 5.68. The predicted molar refractivity (Wildman–Crippen MR) is 66.9 cm³/mol. The number of alkyl halides is 3. The molecule has 0 spiro atoms. The van der Waals surface area contributed by atoms with E-state index in [-0.39, 0.29) is 0 Å². The normalized spacial score (nSPS) is 11.6. The van der Waals surface area contributed by atoms with Gasteiger partial charge in [-0.05, 0) is 35.4 Å². The Hall–Kier alpha value is -1.19. The van der Waals surface area contributed by atoms with Gasteiger partial charge in [0.2, 0.25) is 0 Å². The van der Waals surface area contributed by atoms with Gasteiger partial charge in [0, 0.05) is 0 Å². The Bertz CT molecular complexity index is 559. The first-order valence-electron chi connectivity index (χ1n) is 5.00. The van der Waals surface area contributed by atoms with Crippen LogP contribution in [0.5, 0.6) is 0 Å². The van der Waals surface area contributed by atoms with Crippen LogP contribution in [-0.2, 0) is 6.18 Å². The number of halogens is 5. The lowest BCUT2D eigenvalue weighted by Gasteiger charge is -2.08. The van der Waals surface area contributed by atoms with Crippen molar-refractivity contribution in [1.29, 1.82) is 0 Å². The summed E-state index contributed by atoms with van der Waals surface area (Å²) < 4.78 is 37.2. The maximum Gasteiger partial charge on any atom is 0.416 e. The Morgan fingerprint density at radius 2 is 1.28 bits per heavy atom. The number of hydrogen-bond acceptors (Lipinski definition) is 0. The van der Waals surface area contributed by atoms with E-state index in [1.165, 1.54) is 12.1 Å². The Labute approximate surface area is 112 Å². The number of benzene rings is 2. The summed E-state index contributed by atoms with van der Waals surface area (Å²) in [5.74, 6) is 0. The van der Waals surface area contributed by atoms with Crippen LogP contribution in [-0.4, -0.2) is 0 Å². The number of rotatable bonds is 1. The molecule has 2 rings (SSSR count). The van der Waals surface area contributed by atoms with Crippen LogP contribution >= 0.6 is 23.2 Å². The molecule has 0 unspecified atom stereocenters. The Morgan fingerprint density at radius 1 is 0.722 bits per heavy atom. The zero-order chi connectivity index (χ0) is 13.3. The third kappa shape index (κ3) is 2.79. The molecule has 0 fully saturated rings. The quantitative estimate of drug-likeness (QED) is 0.634. The van der Waals surface area contributed by atoms with E-state index in [1.807, 2.05) is 0 Å². The van der Waals surface area contributed by atoms with Crippen molar-refractivity contribution in [2.24, 2.45) is 0 Å². The molecule has 94 valence electrons. The average molecular weight is 291 g/mol. The third-order valence-electron chi connectivity index (χ3n) is 2.47. The molecule has 0 N–H and O–H groups in total. The van der Waals surface area contributed by atoms with E-state index in [0.717, 1.165) is 17.7 Å². The molecular formula is C13H7Cl2F3. The standard InChI is InChI=1S/C13H7Cl2F3/c14-11-6-3-9(7-12(11)15)8-1-4-10(5-2-8)13(16,17)18/h1-7H. The summed E-state index contributed by atoms with van der Waals surface area (Å²) in [7, 11) is 0. The van der Waals surface area contributed by atoms with Gasteiger partial charge in [-0.15, -0.1) is 0 Å². The minimum atomic E-state index is -4.32. The molecule has 0 aromatic heterocycles. The molecule has 0 bridgehead atoms. The molecule has 0 aliphatic heterocycles. The molecule has 2 aromatic rings. The highest BCUT2D eigenvalue weighted by Gasteiger charge is 2.29. The second kappa shape index (κ2) is 4.82. The Morgan fingerprint density at radius 3 is 1.78 bits per heavy atom. The highest BCUT2D eigenvalue weighted by atomic mass is 35.5. The fourth-order valence-electron chi connectivity index (χ4n) is 1.53. The molecule has 0 amide bonds. The Balaban J connectivity index is 2.37. The van der Waals surface area contributed by atoms with Crippen molar-refractivity contribution in [1.82, 2.24) is 0 Å². The molecule has 0 aliphatic carbocycles. The smallest absolute Gasteiger partial charge is 0.166 e. The SMILES string of the molecule is FC(F)(F)c1ccc(-c2ccc(Cl)c(Cl)c2)cc1. The van der Waals surface area contributed by atoms with Crippen LogP contribution in [0.2, 0.25) is 10.0 Å². The first kappa shape index (κ1) is 13.2. The van der Waals surface area contributed by atoms with Crippen LogP contribution in [0.3, 0.4) is 0 Å². The largest absolute Gasteiger partial charge is 0.416 e. The summed E-state index contributed by atoms with van der Waals surface area (Å²) in [4.78, 5) is 0. The van der Waals surface area contributed by atoms with E-state index >= 15 is 0 Å². The highest BCUT2D eigenvalue weighted by Crippen LogP contribution is 2.32. The van der Waals surface area contributed by atoms with Crippen molar-refractivity contribution < 1.29 is 13.2 Å². The van der Waals surface area contributed by atoms with Gasteiger partial charge in [-0.25, -0.2) is 0 Å². The van der Waals surface area contributed by atoms with Crippen LogP contribution < -0.4 is 0 Å². The van der Waals surface area contributed by atoms with Gasteiger partial charge in [0.05, 0.1) is 15.6 Å². The highest BCUT2D eigenvalue weighted by molar-refractivity contribution is 6.42. The van der Waals surface area contributed by atoms with Crippen LogP contribution in [0, 0.1) is 0 Å². The minimum absolute atomic E-state index is 0.370. The van der Waals surface area contributed by atoms with Gasteiger partial charge >= 0.3 is 6.18 Å². The van der Waals surface area contributed by atoms with E-state index in [1.54, 1.807) is 18.2 Å². The minimum Gasteiger partial charge on any atom is -0.166 e. The van der Waals surface area contributed by atoms with Gasteiger partial charge < -0.3 is 0 Å². The van der Waals surface area contributed by atoms with Crippen LogP contribution in [0.25, 0.3) is 11.1 Å². The Kier molecular flexibility index (Phi) is 3.55. The van der Waals surface area contributed by atoms with Crippen molar-refractivity contribution in [2.75, 3.05) is 0 Å². The first-order valence-corrected chi connectivity index (χ1v) is 5.76. The van der Waals surface area contributed by atoms with Gasteiger partial charge in [0.1, 0.15) is 0 Å². The molecule has 0 saturated heterocycles. The van der Waals surface area contributed by atoms with Crippen molar-refractivity contribution in [2.45, 2.75) is 6.18 Å². The van der Waals surface area contributed by atoms with E-state index in [4.69, 9.17) is 23.2 Å². The van der Waals surface area contributed by atoms with Gasteiger partial charge in [-0.1, -0.05) is 41.4 Å². The molecule has 5 heteroatoms. The van der Waals surface area contributed by atoms with Crippen LogP contribution in [0.15, 0.2) is 42.5 Å². The topological polar surface area (TPSA) is 0 Å². The van der Waals surface area contributed by atoms with E-state index in [2.05, 4.69) is 0 Å². The van der Waals surface area contributed by atoms with Gasteiger partial charge in [-0.2, -0.15) is 13.2 Å². The van der Waals surface area contributed by atoms with Crippen molar-refractivity contribution >= 4 is 23.2 Å². The van der Waals surface area contributed by atoms with Crippen LogP contribution in [0.1, 0.15) is 5.56 Å². The van der Waals surface area contributed by atoms with Crippen molar-refractivity contribution in [3.8, 4) is 11.1 Å². The summed E-state index contributed by atoms with van der Waals surface area (Å²) in [6, 6.07) is 9.82. The molecule has 0 radical (unpaired) electrons. The summed E-state index contributed by atoms with van der Waals surface area (Å²) >= 11 is 11.6. The molecule has 0 aliphatic rings. The molecule has 0 nitrogen and oxygen atoms in total. The zero-order valence-corrected chi connectivity index (χ0v) is 10.4. The van der Waals surface area contributed by atoms with Gasteiger partial charge in [0.15, 0.2) is 0 Å². The van der Waals surface area contributed by atoms with Gasteiger partial charge in [-0.3, -0.25) is 0 Å². The fourth-order valence-corrected chi connectivity index (χ4v) is 1.83. The average Bonchev–Trinajstić information content (AvgIpc) is 2.32. The molecule has 18 heavy (non-hydrogen) atoms. The van der Waals surface area contributed by atoms with E-state index in [0.29, 0.717) is 15.6 Å². The molecule has 0 atom stereocenters. The summed E-state index contributed by atoms with van der Waals surface area (Å²) in [5.41, 5.74) is 0.700.